The average molecular weight is 341 g/mol. The zero-order valence-electron chi connectivity index (χ0n) is 14.3. The first-order valence-corrected chi connectivity index (χ1v) is 7.78. The summed E-state index contributed by atoms with van der Waals surface area (Å²) >= 11 is 0. The smallest absolute Gasteiger partial charge is 0.217 e. The molecule has 0 aromatic heterocycles. The number of methoxy groups -OCH3 is 3. The minimum absolute atomic E-state index is 0.162. The number of hydrogen-bond acceptors (Lipinski definition) is 6. The lowest BCUT2D eigenvalue weighted by molar-refractivity contribution is 0.0947. The molecule has 0 spiro atoms. The molecule has 0 saturated carbocycles. The molecule has 1 aliphatic heterocycles. The molecule has 1 atom stereocenters. The Balaban J connectivity index is 1.90. The molecule has 0 aliphatic carbocycles. The van der Waals surface area contributed by atoms with Crippen molar-refractivity contribution in [3.05, 3.63) is 53.6 Å². The summed E-state index contributed by atoms with van der Waals surface area (Å²) in [6.45, 7) is 0.208. The molecule has 6 nitrogen and oxygen atoms in total. The fourth-order valence-corrected chi connectivity index (χ4v) is 2.66. The van der Waals surface area contributed by atoms with Crippen LogP contribution in [0.1, 0.15) is 15.9 Å². The highest BCUT2D eigenvalue weighted by molar-refractivity contribution is 6.05. The van der Waals surface area contributed by atoms with E-state index < -0.39 is 6.04 Å². The highest BCUT2D eigenvalue weighted by Crippen LogP contribution is 2.38. The van der Waals surface area contributed by atoms with Crippen LogP contribution < -0.4 is 14.2 Å². The van der Waals surface area contributed by atoms with Crippen LogP contribution in [0.25, 0.3) is 0 Å². The van der Waals surface area contributed by atoms with E-state index >= 15 is 0 Å². The maximum Gasteiger partial charge on any atom is 0.217 e. The van der Waals surface area contributed by atoms with Crippen LogP contribution >= 0.6 is 0 Å². The molecule has 0 amide bonds. The van der Waals surface area contributed by atoms with Crippen molar-refractivity contribution in [1.82, 2.24) is 0 Å². The number of ether oxygens (including phenoxy) is 4. The van der Waals surface area contributed by atoms with E-state index in [1.165, 1.54) is 21.3 Å². The quantitative estimate of drug-likeness (QED) is 0.756. The normalized spacial score (nSPS) is 16.0. The molecule has 0 bridgehead atoms. The summed E-state index contributed by atoms with van der Waals surface area (Å²) in [5.41, 5.74) is 1.28. The molecule has 0 fully saturated rings. The van der Waals surface area contributed by atoms with Gasteiger partial charge in [0.05, 0.1) is 21.3 Å². The van der Waals surface area contributed by atoms with Crippen molar-refractivity contribution >= 4 is 11.7 Å². The van der Waals surface area contributed by atoms with Gasteiger partial charge in [-0.25, -0.2) is 4.99 Å². The summed E-state index contributed by atoms with van der Waals surface area (Å²) < 4.78 is 21.5. The number of carbonyl (C=O) groups is 1. The van der Waals surface area contributed by atoms with E-state index in [1.54, 1.807) is 12.1 Å². The Morgan fingerprint density at radius 1 is 1.04 bits per heavy atom. The van der Waals surface area contributed by atoms with Crippen molar-refractivity contribution in [3.8, 4) is 17.2 Å². The molecule has 0 unspecified atom stereocenters. The monoisotopic (exact) mass is 341 g/mol. The number of aliphatic imine (C=N–C) groups is 1. The van der Waals surface area contributed by atoms with E-state index in [1.807, 2.05) is 30.3 Å². The molecule has 6 heteroatoms. The Labute approximate surface area is 146 Å². The SMILES string of the molecule is COc1cc(C(=O)[C@@H]2COC(c3ccccc3)=N2)cc(OC)c1OC. The van der Waals surface area contributed by atoms with Gasteiger partial charge in [-0.15, -0.1) is 0 Å². The molecule has 2 aromatic rings. The molecule has 0 saturated heterocycles. The van der Waals surface area contributed by atoms with Gasteiger partial charge >= 0.3 is 0 Å². The van der Waals surface area contributed by atoms with Gasteiger partial charge < -0.3 is 18.9 Å². The zero-order chi connectivity index (χ0) is 17.8. The summed E-state index contributed by atoms with van der Waals surface area (Å²) in [5, 5.41) is 0. The maximum atomic E-state index is 12.8. The second kappa shape index (κ2) is 7.25. The van der Waals surface area contributed by atoms with Gasteiger partial charge in [-0.2, -0.15) is 0 Å². The average Bonchev–Trinajstić information content (AvgIpc) is 3.17. The number of rotatable bonds is 6. The molecule has 2 aromatic carbocycles. The van der Waals surface area contributed by atoms with Gasteiger partial charge in [-0.05, 0) is 24.3 Å². The molecular formula is C19H19NO5. The largest absolute Gasteiger partial charge is 0.493 e. The molecule has 3 rings (SSSR count). The first-order valence-electron chi connectivity index (χ1n) is 7.78. The van der Waals surface area contributed by atoms with Crippen molar-refractivity contribution in [3.63, 3.8) is 0 Å². The highest BCUT2D eigenvalue weighted by Gasteiger charge is 2.29. The van der Waals surface area contributed by atoms with Gasteiger partial charge in [0.1, 0.15) is 6.61 Å². The topological polar surface area (TPSA) is 66.4 Å². The number of hydrogen-bond donors (Lipinski definition) is 0. The third kappa shape index (κ3) is 3.28. The van der Waals surface area contributed by atoms with Crippen molar-refractivity contribution in [2.75, 3.05) is 27.9 Å². The van der Waals surface area contributed by atoms with Crippen LogP contribution in [0, 0.1) is 0 Å². The first kappa shape index (κ1) is 16.8. The van der Waals surface area contributed by atoms with Crippen molar-refractivity contribution in [2.45, 2.75) is 6.04 Å². The van der Waals surface area contributed by atoms with Crippen LogP contribution in [0.4, 0.5) is 0 Å². The molecule has 0 radical (unpaired) electrons. The van der Waals surface area contributed by atoms with E-state index in [4.69, 9.17) is 18.9 Å². The first-order chi connectivity index (χ1) is 12.2. The number of carbonyl (C=O) groups excluding carboxylic acids is 1. The van der Waals surface area contributed by atoms with Crippen LogP contribution in [0.5, 0.6) is 17.2 Å². The fourth-order valence-electron chi connectivity index (χ4n) is 2.66. The van der Waals surface area contributed by atoms with E-state index in [0.29, 0.717) is 28.7 Å². The van der Waals surface area contributed by atoms with E-state index in [9.17, 15) is 4.79 Å². The number of nitrogens with zero attached hydrogens (tertiary/aromatic N) is 1. The standard InChI is InChI=1S/C19H19NO5/c1-22-15-9-13(10-16(23-2)18(15)24-3)17(21)14-11-25-19(20-14)12-7-5-4-6-8-12/h4-10,14H,11H2,1-3H3/t14-/m0/s1. The zero-order valence-corrected chi connectivity index (χ0v) is 14.3. The molecule has 25 heavy (non-hydrogen) atoms. The van der Waals surface area contributed by atoms with Crippen LogP contribution in [-0.2, 0) is 4.74 Å². The van der Waals surface area contributed by atoms with Gasteiger partial charge in [-0.1, -0.05) is 18.2 Å². The molecule has 1 heterocycles. The third-order valence-corrected chi connectivity index (χ3v) is 3.92. The lowest BCUT2D eigenvalue weighted by atomic mass is 10.0. The summed E-state index contributed by atoms with van der Waals surface area (Å²) in [6, 6.07) is 12.1. The minimum Gasteiger partial charge on any atom is -0.493 e. The number of ketones is 1. The number of benzene rings is 2. The second-order valence-electron chi connectivity index (χ2n) is 5.41. The van der Waals surface area contributed by atoms with Gasteiger partial charge in [0, 0.05) is 11.1 Å². The molecule has 0 N–H and O–H groups in total. The van der Waals surface area contributed by atoms with Crippen LogP contribution in [-0.4, -0.2) is 45.7 Å². The van der Waals surface area contributed by atoms with E-state index in [0.717, 1.165) is 5.56 Å². The summed E-state index contributed by atoms with van der Waals surface area (Å²) in [7, 11) is 4.54. The predicted molar refractivity (Wildman–Crippen MR) is 93.1 cm³/mol. The van der Waals surface area contributed by atoms with Crippen LogP contribution in [0.3, 0.4) is 0 Å². The van der Waals surface area contributed by atoms with Crippen molar-refractivity contribution < 1.29 is 23.7 Å². The lowest BCUT2D eigenvalue weighted by Crippen LogP contribution is -2.20. The maximum absolute atomic E-state index is 12.8. The summed E-state index contributed by atoms with van der Waals surface area (Å²) in [6.07, 6.45) is 0. The van der Waals surface area contributed by atoms with Gasteiger partial charge in [-0.3, -0.25) is 4.79 Å². The van der Waals surface area contributed by atoms with E-state index in [-0.39, 0.29) is 12.4 Å². The highest BCUT2D eigenvalue weighted by atomic mass is 16.5. The Bertz CT molecular complexity index is 776. The van der Waals surface area contributed by atoms with Gasteiger partial charge in [0.2, 0.25) is 11.6 Å². The van der Waals surface area contributed by atoms with Crippen LogP contribution in [0.2, 0.25) is 0 Å². The number of Topliss-reactive ketones (excluding diaryl/α,β-unsaturated/α-hetero) is 1. The molecule has 1 aliphatic rings. The third-order valence-electron chi connectivity index (χ3n) is 3.92. The van der Waals surface area contributed by atoms with Gasteiger partial charge in [0.15, 0.2) is 23.3 Å². The van der Waals surface area contributed by atoms with Crippen LogP contribution in [0.15, 0.2) is 47.5 Å². The van der Waals surface area contributed by atoms with Crippen molar-refractivity contribution in [1.29, 1.82) is 0 Å². The Morgan fingerprint density at radius 2 is 1.68 bits per heavy atom. The Kier molecular flexibility index (Phi) is 4.88. The van der Waals surface area contributed by atoms with E-state index in [2.05, 4.69) is 4.99 Å². The van der Waals surface area contributed by atoms with Crippen molar-refractivity contribution in [2.24, 2.45) is 4.99 Å². The lowest BCUT2D eigenvalue weighted by Gasteiger charge is -2.14. The Morgan fingerprint density at radius 3 is 2.24 bits per heavy atom. The summed E-state index contributed by atoms with van der Waals surface area (Å²) in [4.78, 5) is 17.2. The summed E-state index contributed by atoms with van der Waals surface area (Å²) in [5.74, 6) is 1.61. The minimum atomic E-state index is -0.599. The predicted octanol–water partition coefficient (Wildman–Crippen LogP) is 2.74. The fraction of sp³-hybridized carbons (Fsp3) is 0.263. The second-order valence-corrected chi connectivity index (χ2v) is 5.41. The molecular weight excluding hydrogens is 322 g/mol. The Hall–Kier alpha value is -3.02. The molecule has 130 valence electrons. The van der Waals surface area contributed by atoms with Gasteiger partial charge in [0.25, 0.3) is 0 Å².